The second-order valence-corrected chi connectivity index (χ2v) is 5.98. The molecule has 0 aliphatic carbocycles. The molecule has 2 amide bonds. The Hall–Kier alpha value is -1.47. The van der Waals surface area contributed by atoms with Crippen LogP contribution in [0, 0.1) is 0 Å². The van der Waals surface area contributed by atoms with Gasteiger partial charge in [0.05, 0.1) is 18.7 Å². The molecule has 1 aromatic heterocycles. The fourth-order valence-corrected chi connectivity index (χ4v) is 3.32. The Kier molecular flexibility index (Phi) is 5.30. The summed E-state index contributed by atoms with van der Waals surface area (Å²) in [5.41, 5.74) is 0. The lowest BCUT2D eigenvalue weighted by molar-refractivity contribution is -0.148. The maximum atomic E-state index is 12.5. The van der Waals surface area contributed by atoms with Crippen LogP contribution in [0.2, 0.25) is 0 Å². The van der Waals surface area contributed by atoms with Crippen molar-refractivity contribution in [3.8, 4) is 0 Å². The van der Waals surface area contributed by atoms with Crippen LogP contribution in [0.25, 0.3) is 0 Å². The van der Waals surface area contributed by atoms with Gasteiger partial charge in [0, 0.05) is 19.9 Å². The van der Waals surface area contributed by atoms with Gasteiger partial charge in [0.15, 0.2) is 0 Å². The second kappa shape index (κ2) is 7.00. The molecule has 7 heteroatoms. The summed E-state index contributed by atoms with van der Waals surface area (Å²) >= 11 is 1.58. The Morgan fingerprint density at radius 2 is 2.38 bits per heavy atom. The van der Waals surface area contributed by atoms with Crippen LogP contribution < -0.4 is 0 Å². The fourth-order valence-electron chi connectivity index (χ4n) is 2.17. The van der Waals surface area contributed by atoms with Crippen LogP contribution in [0.1, 0.15) is 12.7 Å². The summed E-state index contributed by atoms with van der Waals surface area (Å²) in [7, 11) is 3.21. The van der Waals surface area contributed by atoms with Crippen LogP contribution in [-0.4, -0.2) is 59.5 Å². The molecule has 1 aromatic rings. The van der Waals surface area contributed by atoms with E-state index in [-0.39, 0.29) is 11.8 Å². The second-order valence-electron chi connectivity index (χ2n) is 4.98. The summed E-state index contributed by atoms with van der Waals surface area (Å²) in [4.78, 5) is 28.0. The largest absolute Gasteiger partial charge is 0.467 e. The molecule has 1 aliphatic rings. The third-order valence-corrected chi connectivity index (χ3v) is 4.51. The molecule has 0 unspecified atom stereocenters. The first kappa shape index (κ1) is 15.9. The molecule has 1 saturated heterocycles. The van der Waals surface area contributed by atoms with Gasteiger partial charge in [-0.05, 0) is 19.1 Å². The molecule has 0 radical (unpaired) electrons. The number of hydrogen-bond donors (Lipinski definition) is 0. The van der Waals surface area contributed by atoms with E-state index < -0.39 is 12.1 Å². The zero-order chi connectivity index (χ0) is 15.4. The number of ether oxygens (including phenoxy) is 1. The van der Waals surface area contributed by atoms with Crippen LogP contribution >= 0.6 is 11.8 Å². The molecule has 2 heterocycles. The molecule has 0 N–H and O–H groups in total. The van der Waals surface area contributed by atoms with E-state index in [2.05, 4.69) is 0 Å². The molecular formula is C14H20N2O4S. The molecule has 0 spiro atoms. The topological polar surface area (TPSA) is 63.0 Å². The smallest absolute Gasteiger partial charge is 0.252 e. The third-order valence-electron chi connectivity index (χ3n) is 3.50. The van der Waals surface area contributed by atoms with Gasteiger partial charge in [0.2, 0.25) is 5.91 Å². The van der Waals surface area contributed by atoms with Gasteiger partial charge in [-0.15, -0.1) is 11.8 Å². The molecule has 21 heavy (non-hydrogen) atoms. The quantitative estimate of drug-likeness (QED) is 0.817. The molecule has 0 saturated carbocycles. The van der Waals surface area contributed by atoms with Gasteiger partial charge < -0.3 is 19.0 Å². The number of amides is 2. The number of nitrogens with zero attached hydrogens (tertiary/aromatic N) is 2. The van der Waals surface area contributed by atoms with Gasteiger partial charge in [-0.25, -0.2) is 0 Å². The molecule has 0 bridgehead atoms. The number of carbonyl (C=O) groups is 2. The molecule has 6 nitrogen and oxygen atoms in total. The van der Waals surface area contributed by atoms with Gasteiger partial charge in [-0.1, -0.05) is 0 Å². The molecule has 2 rings (SSSR count). The summed E-state index contributed by atoms with van der Waals surface area (Å²) < 4.78 is 10.3. The minimum Gasteiger partial charge on any atom is -0.467 e. The van der Waals surface area contributed by atoms with Crippen molar-refractivity contribution in [2.75, 3.05) is 25.8 Å². The van der Waals surface area contributed by atoms with Crippen LogP contribution in [0.5, 0.6) is 0 Å². The number of hydrogen-bond acceptors (Lipinski definition) is 5. The normalized spacial score (nSPS) is 19.6. The van der Waals surface area contributed by atoms with Gasteiger partial charge >= 0.3 is 0 Å². The summed E-state index contributed by atoms with van der Waals surface area (Å²) in [6.07, 6.45) is 1.05. The Morgan fingerprint density at radius 1 is 1.62 bits per heavy atom. The van der Waals surface area contributed by atoms with Crippen molar-refractivity contribution in [2.45, 2.75) is 25.6 Å². The summed E-state index contributed by atoms with van der Waals surface area (Å²) in [5.74, 6) is 1.64. The number of carbonyl (C=O) groups excluding carboxylic acids is 2. The van der Waals surface area contributed by atoms with Gasteiger partial charge in [-0.2, -0.15) is 0 Å². The standard InChI is InChI=1S/C14H20N2O4S/c1-10(19-3)13(17)16-9-21-8-12(16)14(18)15(2)7-11-5-4-6-20-11/h4-6,10,12H,7-9H2,1-3H3/t10-,12+/m0/s1. The van der Waals surface area contributed by atoms with E-state index >= 15 is 0 Å². The maximum Gasteiger partial charge on any atom is 0.252 e. The van der Waals surface area contributed by atoms with Crippen LogP contribution in [0.3, 0.4) is 0 Å². The fraction of sp³-hybridized carbons (Fsp3) is 0.571. The maximum absolute atomic E-state index is 12.5. The number of furan rings is 1. The summed E-state index contributed by atoms with van der Waals surface area (Å²) in [5, 5.41) is 0. The minimum absolute atomic E-state index is 0.0759. The van der Waals surface area contributed by atoms with E-state index in [0.29, 0.717) is 18.2 Å². The average Bonchev–Trinajstić information content (AvgIpc) is 3.15. The van der Waals surface area contributed by atoms with E-state index in [1.165, 1.54) is 7.11 Å². The van der Waals surface area contributed by atoms with Crippen LogP contribution in [0.4, 0.5) is 0 Å². The van der Waals surface area contributed by atoms with E-state index in [1.54, 1.807) is 47.9 Å². The monoisotopic (exact) mass is 312 g/mol. The SMILES string of the molecule is CO[C@@H](C)C(=O)N1CSC[C@@H]1C(=O)N(C)Cc1ccco1. The highest BCUT2D eigenvalue weighted by Crippen LogP contribution is 2.24. The van der Waals surface area contributed by atoms with Gasteiger partial charge in [0.1, 0.15) is 17.9 Å². The predicted molar refractivity (Wildman–Crippen MR) is 79.6 cm³/mol. The Labute approximate surface area is 128 Å². The number of methoxy groups -OCH3 is 1. The van der Waals surface area contributed by atoms with E-state index in [1.807, 2.05) is 6.07 Å². The zero-order valence-electron chi connectivity index (χ0n) is 12.4. The number of rotatable bonds is 5. The highest BCUT2D eigenvalue weighted by atomic mass is 32.2. The van der Waals surface area contributed by atoms with Crippen molar-refractivity contribution in [3.63, 3.8) is 0 Å². The lowest BCUT2D eigenvalue weighted by Gasteiger charge is -2.28. The van der Waals surface area contributed by atoms with E-state index in [9.17, 15) is 9.59 Å². The zero-order valence-corrected chi connectivity index (χ0v) is 13.3. The lowest BCUT2D eigenvalue weighted by Crippen LogP contribution is -2.50. The van der Waals surface area contributed by atoms with Crippen molar-refractivity contribution in [2.24, 2.45) is 0 Å². The first-order valence-electron chi connectivity index (χ1n) is 6.73. The highest BCUT2D eigenvalue weighted by molar-refractivity contribution is 7.99. The van der Waals surface area contributed by atoms with Crippen molar-refractivity contribution in [3.05, 3.63) is 24.2 Å². The van der Waals surface area contributed by atoms with Crippen molar-refractivity contribution in [1.82, 2.24) is 9.80 Å². The molecule has 116 valence electrons. The summed E-state index contributed by atoms with van der Waals surface area (Å²) in [6.45, 7) is 2.09. The van der Waals surface area contributed by atoms with Crippen LogP contribution in [0.15, 0.2) is 22.8 Å². The third kappa shape index (κ3) is 3.59. The number of thioether (sulfide) groups is 1. The van der Waals surface area contributed by atoms with Gasteiger partial charge in [0.25, 0.3) is 5.91 Å². The first-order valence-corrected chi connectivity index (χ1v) is 7.88. The van der Waals surface area contributed by atoms with Crippen LogP contribution in [-0.2, 0) is 20.9 Å². The average molecular weight is 312 g/mol. The molecule has 1 fully saturated rings. The van der Waals surface area contributed by atoms with E-state index in [0.717, 1.165) is 5.76 Å². The highest BCUT2D eigenvalue weighted by Gasteiger charge is 2.37. The van der Waals surface area contributed by atoms with E-state index in [4.69, 9.17) is 9.15 Å². The molecule has 0 aromatic carbocycles. The summed E-state index contributed by atoms with van der Waals surface area (Å²) in [6, 6.07) is 3.18. The Balaban J connectivity index is 2.01. The Morgan fingerprint density at radius 3 is 3.00 bits per heavy atom. The van der Waals surface area contributed by atoms with Crippen molar-refractivity contribution >= 4 is 23.6 Å². The predicted octanol–water partition coefficient (Wildman–Crippen LogP) is 1.17. The van der Waals surface area contributed by atoms with Crippen molar-refractivity contribution in [1.29, 1.82) is 0 Å². The number of likely N-dealkylation sites (N-methyl/N-ethyl adjacent to an activating group) is 1. The van der Waals surface area contributed by atoms with Crippen molar-refractivity contribution < 1.29 is 18.7 Å². The minimum atomic E-state index is -0.533. The molecule has 2 atom stereocenters. The molecular weight excluding hydrogens is 292 g/mol. The Bertz CT molecular complexity index is 491. The lowest BCUT2D eigenvalue weighted by atomic mass is 10.2. The van der Waals surface area contributed by atoms with Gasteiger partial charge in [-0.3, -0.25) is 9.59 Å². The first-order chi connectivity index (χ1) is 10.0. The molecule has 1 aliphatic heterocycles.